The third-order valence-electron chi connectivity index (χ3n) is 4.75. The third-order valence-corrected chi connectivity index (χ3v) is 4.75. The van der Waals surface area contributed by atoms with E-state index in [9.17, 15) is 5.11 Å². The van der Waals surface area contributed by atoms with Gasteiger partial charge in [-0.25, -0.2) is 4.68 Å². The van der Waals surface area contributed by atoms with Crippen LogP contribution in [-0.4, -0.2) is 29.1 Å². The molecule has 134 valence electrons. The summed E-state index contributed by atoms with van der Waals surface area (Å²) in [6.07, 6.45) is -0.240. The Labute approximate surface area is 152 Å². The van der Waals surface area contributed by atoms with Crippen LogP contribution >= 0.6 is 0 Å². The van der Waals surface area contributed by atoms with Crippen LogP contribution in [0.4, 0.5) is 5.69 Å². The van der Waals surface area contributed by atoms with Crippen molar-refractivity contribution in [1.82, 2.24) is 9.78 Å². The number of phenols is 1. The first-order valence-electron chi connectivity index (χ1n) is 8.41. The minimum atomic E-state index is -0.240. The van der Waals surface area contributed by atoms with Gasteiger partial charge in [-0.15, -0.1) is 0 Å². The summed E-state index contributed by atoms with van der Waals surface area (Å²) < 4.78 is 12.6. The molecule has 2 N–H and O–H groups in total. The quantitative estimate of drug-likeness (QED) is 0.750. The molecule has 1 aliphatic rings. The van der Waals surface area contributed by atoms with E-state index in [0.29, 0.717) is 11.5 Å². The van der Waals surface area contributed by atoms with Crippen molar-refractivity contribution in [3.05, 3.63) is 53.2 Å². The summed E-state index contributed by atoms with van der Waals surface area (Å²) in [7, 11) is 3.05. The van der Waals surface area contributed by atoms with Crippen molar-refractivity contribution in [1.29, 1.82) is 0 Å². The van der Waals surface area contributed by atoms with Crippen LogP contribution in [0.5, 0.6) is 17.2 Å². The van der Waals surface area contributed by atoms with E-state index in [2.05, 4.69) is 41.6 Å². The van der Waals surface area contributed by atoms with Gasteiger partial charge in [-0.3, -0.25) is 0 Å². The zero-order valence-corrected chi connectivity index (χ0v) is 15.2. The number of benzene rings is 2. The number of methoxy groups -OCH3 is 2. The molecule has 6 nitrogen and oxygen atoms in total. The Kier molecular flexibility index (Phi) is 3.76. The van der Waals surface area contributed by atoms with Gasteiger partial charge in [-0.2, -0.15) is 5.10 Å². The van der Waals surface area contributed by atoms with E-state index in [0.717, 1.165) is 33.8 Å². The molecular weight excluding hydrogens is 330 g/mol. The standard InChI is InChI=1S/C20H21N3O3/c1-11-6-5-7-14-15-8-12(2)22-23(15)20(21-18(11)14)13-9-16(25-3)19(24)17(10-13)26-4/h5-10,20-21,24H,1-4H3. The van der Waals surface area contributed by atoms with Crippen molar-refractivity contribution in [2.75, 3.05) is 19.5 Å². The van der Waals surface area contributed by atoms with Crippen LogP contribution < -0.4 is 14.8 Å². The summed E-state index contributed by atoms with van der Waals surface area (Å²) in [6, 6.07) is 11.9. The molecule has 1 aliphatic heterocycles. The van der Waals surface area contributed by atoms with Gasteiger partial charge in [0.25, 0.3) is 0 Å². The molecule has 1 unspecified atom stereocenters. The smallest absolute Gasteiger partial charge is 0.200 e. The fourth-order valence-corrected chi connectivity index (χ4v) is 3.48. The predicted octanol–water partition coefficient (Wildman–Crippen LogP) is 3.86. The van der Waals surface area contributed by atoms with E-state index in [-0.39, 0.29) is 11.9 Å². The number of hydrogen-bond donors (Lipinski definition) is 2. The highest BCUT2D eigenvalue weighted by molar-refractivity contribution is 5.81. The monoisotopic (exact) mass is 351 g/mol. The van der Waals surface area contributed by atoms with E-state index >= 15 is 0 Å². The number of aromatic hydroxyl groups is 1. The van der Waals surface area contributed by atoms with Gasteiger partial charge in [0.05, 0.1) is 25.6 Å². The number of hydrogen-bond acceptors (Lipinski definition) is 5. The van der Waals surface area contributed by atoms with E-state index in [1.165, 1.54) is 14.2 Å². The average molecular weight is 351 g/mol. The third kappa shape index (κ3) is 2.37. The van der Waals surface area contributed by atoms with Crippen LogP contribution in [0.25, 0.3) is 11.3 Å². The van der Waals surface area contributed by atoms with Crippen LogP contribution in [0.3, 0.4) is 0 Å². The molecule has 0 amide bonds. The van der Waals surface area contributed by atoms with Crippen molar-refractivity contribution < 1.29 is 14.6 Å². The molecule has 0 spiro atoms. The van der Waals surface area contributed by atoms with Gasteiger partial charge in [-0.05, 0) is 37.6 Å². The number of fused-ring (bicyclic) bond motifs is 3. The number of nitrogens with zero attached hydrogens (tertiary/aromatic N) is 2. The second-order valence-electron chi connectivity index (χ2n) is 6.43. The zero-order valence-electron chi connectivity index (χ0n) is 15.2. The van der Waals surface area contributed by atoms with Crippen molar-refractivity contribution in [3.63, 3.8) is 0 Å². The van der Waals surface area contributed by atoms with Crippen LogP contribution in [-0.2, 0) is 0 Å². The molecule has 6 heteroatoms. The lowest BCUT2D eigenvalue weighted by molar-refractivity contribution is 0.338. The molecule has 0 radical (unpaired) electrons. The number of para-hydroxylation sites is 1. The summed E-state index contributed by atoms with van der Waals surface area (Å²) in [5, 5.41) is 18.5. The lowest BCUT2D eigenvalue weighted by Gasteiger charge is -2.30. The van der Waals surface area contributed by atoms with E-state index < -0.39 is 0 Å². The summed E-state index contributed by atoms with van der Waals surface area (Å²) in [5.41, 5.74) is 6.25. The maximum absolute atomic E-state index is 10.2. The van der Waals surface area contributed by atoms with Gasteiger partial charge in [0.15, 0.2) is 11.5 Å². The lowest BCUT2D eigenvalue weighted by Crippen LogP contribution is -2.26. The molecule has 0 saturated heterocycles. The van der Waals surface area contributed by atoms with Crippen molar-refractivity contribution in [3.8, 4) is 28.5 Å². The Morgan fingerprint density at radius 3 is 2.42 bits per heavy atom. The molecule has 1 aromatic heterocycles. The second kappa shape index (κ2) is 5.98. The minimum Gasteiger partial charge on any atom is -0.502 e. The van der Waals surface area contributed by atoms with E-state index in [1.54, 1.807) is 12.1 Å². The topological polar surface area (TPSA) is 68.5 Å². The highest BCUT2D eigenvalue weighted by Gasteiger charge is 2.28. The van der Waals surface area contributed by atoms with Gasteiger partial charge in [0.1, 0.15) is 6.17 Å². The molecule has 1 atom stereocenters. The van der Waals surface area contributed by atoms with Crippen molar-refractivity contribution in [2.45, 2.75) is 20.0 Å². The Bertz CT molecular complexity index is 969. The number of nitrogens with one attached hydrogen (secondary N) is 1. The van der Waals surface area contributed by atoms with Gasteiger partial charge < -0.3 is 19.9 Å². The van der Waals surface area contributed by atoms with E-state index in [4.69, 9.17) is 9.47 Å². The Hall–Kier alpha value is -3.15. The number of rotatable bonds is 3. The lowest BCUT2D eigenvalue weighted by atomic mass is 10.0. The normalized spacial score (nSPS) is 15.0. The molecule has 0 aliphatic carbocycles. The minimum absolute atomic E-state index is 0.0111. The summed E-state index contributed by atoms with van der Waals surface area (Å²) >= 11 is 0. The largest absolute Gasteiger partial charge is 0.502 e. The van der Waals surface area contributed by atoms with Gasteiger partial charge in [-0.1, -0.05) is 18.2 Å². The predicted molar refractivity (Wildman–Crippen MR) is 100 cm³/mol. The molecule has 2 aromatic carbocycles. The SMILES string of the molecule is COc1cc(C2Nc3c(C)cccc3-c3cc(C)nn32)cc(OC)c1O. The highest BCUT2D eigenvalue weighted by Crippen LogP contribution is 2.44. The van der Waals surface area contributed by atoms with Crippen LogP contribution in [0, 0.1) is 13.8 Å². The first-order valence-corrected chi connectivity index (χ1v) is 8.41. The molecular formula is C20H21N3O3. The molecule has 26 heavy (non-hydrogen) atoms. The fourth-order valence-electron chi connectivity index (χ4n) is 3.48. The number of anilines is 1. The maximum Gasteiger partial charge on any atom is 0.200 e. The fraction of sp³-hybridized carbons (Fsp3) is 0.250. The number of ether oxygens (including phenoxy) is 2. The Morgan fingerprint density at radius 1 is 1.08 bits per heavy atom. The average Bonchev–Trinajstić information content (AvgIpc) is 3.03. The summed E-state index contributed by atoms with van der Waals surface area (Å²) in [4.78, 5) is 0. The van der Waals surface area contributed by atoms with Crippen LogP contribution in [0.2, 0.25) is 0 Å². The molecule has 3 aromatic rings. The van der Waals surface area contributed by atoms with Crippen molar-refractivity contribution >= 4 is 5.69 Å². The second-order valence-corrected chi connectivity index (χ2v) is 6.43. The molecule has 0 fully saturated rings. The number of aromatic nitrogens is 2. The van der Waals surface area contributed by atoms with Gasteiger partial charge >= 0.3 is 0 Å². The highest BCUT2D eigenvalue weighted by atomic mass is 16.5. The number of phenolic OH excluding ortho intramolecular Hbond substituents is 1. The Balaban J connectivity index is 1.92. The van der Waals surface area contributed by atoms with Gasteiger partial charge in [0, 0.05) is 16.8 Å². The van der Waals surface area contributed by atoms with Gasteiger partial charge in [0.2, 0.25) is 5.75 Å². The van der Waals surface area contributed by atoms with E-state index in [1.807, 2.05) is 11.6 Å². The Morgan fingerprint density at radius 2 is 1.77 bits per heavy atom. The molecule has 0 saturated carbocycles. The summed E-state index contributed by atoms with van der Waals surface area (Å²) in [5.74, 6) is 0.715. The van der Waals surface area contributed by atoms with Crippen LogP contribution in [0.1, 0.15) is 23.0 Å². The molecule has 0 bridgehead atoms. The number of aryl methyl sites for hydroxylation is 2. The molecule has 4 rings (SSSR count). The van der Waals surface area contributed by atoms with Crippen LogP contribution in [0.15, 0.2) is 36.4 Å². The van der Waals surface area contributed by atoms with Crippen molar-refractivity contribution in [2.24, 2.45) is 0 Å². The first-order chi connectivity index (χ1) is 12.5. The molecule has 2 heterocycles. The summed E-state index contributed by atoms with van der Waals surface area (Å²) in [6.45, 7) is 4.07. The zero-order chi connectivity index (χ0) is 18.4. The maximum atomic E-state index is 10.2. The first kappa shape index (κ1) is 16.3.